The fourth-order valence-corrected chi connectivity index (χ4v) is 6.03. The highest BCUT2D eigenvalue weighted by Crippen LogP contribution is 2.34. The minimum atomic E-state index is -1.17. The lowest BCUT2D eigenvalue weighted by molar-refractivity contribution is -0.137. The van der Waals surface area contributed by atoms with Gasteiger partial charge in [0.05, 0.1) is 18.5 Å². The number of carbonyl (C=O) groups is 4. The summed E-state index contributed by atoms with van der Waals surface area (Å²) in [6.07, 6.45) is 3.30. The third-order valence-corrected chi connectivity index (χ3v) is 8.63. The number of hydrogen-bond acceptors (Lipinski definition) is 6. The number of fused-ring (bicyclic) bond motifs is 1. The lowest BCUT2D eigenvalue weighted by Gasteiger charge is -2.38. The summed E-state index contributed by atoms with van der Waals surface area (Å²) in [5.41, 5.74) is 1.03. The number of ether oxygens (including phenoxy) is 2. The SMILES string of the molecule is CCCCN1CCOc2ccccc2C(=O)N[C@H](C(=O)NCC2(c3ccccc3)CCOCC2)CC(=O)N[C@@H](CC(C)C)C1=O. The maximum atomic E-state index is 13.8. The van der Waals surface area contributed by atoms with E-state index in [2.05, 4.69) is 35.0 Å². The molecule has 0 spiro atoms. The Morgan fingerprint density at radius 2 is 1.71 bits per heavy atom. The average Bonchev–Trinajstić information content (AvgIpc) is 3.04. The summed E-state index contributed by atoms with van der Waals surface area (Å²) in [5.74, 6) is -1.15. The minimum absolute atomic E-state index is 0.140. The Balaban J connectivity index is 1.61. The second kappa shape index (κ2) is 16.4. The van der Waals surface area contributed by atoms with Gasteiger partial charge in [0, 0.05) is 31.7 Å². The Kier molecular flexibility index (Phi) is 12.4. The van der Waals surface area contributed by atoms with Gasteiger partial charge in [-0.15, -0.1) is 0 Å². The van der Waals surface area contributed by atoms with Gasteiger partial charge in [-0.1, -0.05) is 69.7 Å². The molecule has 1 fully saturated rings. The maximum Gasteiger partial charge on any atom is 0.255 e. The molecule has 0 saturated carbocycles. The van der Waals surface area contributed by atoms with Gasteiger partial charge in [-0.25, -0.2) is 0 Å². The van der Waals surface area contributed by atoms with Crippen molar-refractivity contribution in [2.45, 2.75) is 76.8 Å². The summed E-state index contributed by atoms with van der Waals surface area (Å²) in [6.45, 7) is 8.55. The van der Waals surface area contributed by atoms with E-state index < -0.39 is 29.8 Å². The van der Waals surface area contributed by atoms with Crippen LogP contribution >= 0.6 is 0 Å². The van der Waals surface area contributed by atoms with E-state index in [0.717, 1.165) is 31.2 Å². The van der Waals surface area contributed by atoms with Crippen LogP contribution in [0.15, 0.2) is 54.6 Å². The van der Waals surface area contributed by atoms with E-state index in [0.29, 0.717) is 45.0 Å². The van der Waals surface area contributed by atoms with E-state index in [1.54, 1.807) is 29.2 Å². The average molecular weight is 621 g/mol. The molecule has 3 N–H and O–H groups in total. The fourth-order valence-electron chi connectivity index (χ4n) is 6.03. The zero-order valence-corrected chi connectivity index (χ0v) is 26.8. The van der Waals surface area contributed by atoms with Gasteiger partial charge in [0.1, 0.15) is 24.4 Å². The lowest BCUT2D eigenvalue weighted by atomic mass is 9.74. The van der Waals surface area contributed by atoms with Crippen LogP contribution in [0.5, 0.6) is 5.75 Å². The molecule has 0 unspecified atom stereocenters. The van der Waals surface area contributed by atoms with Crippen LogP contribution in [-0.4, -0.2) is 80.1 Å². The summed E-state index contributed by atoms with van der Waals surface area (Å²) in [7, 11) is 0. The highest BCUT2D eigenvalue weighted by Gasteiger charge is 2.36. The smallest absolute Gasteiger partial charge is 0.255 e. The minimum Gasteiger partial charge on any atom is -0.491 e. The van der Waals surface area contributed by atoms with Crippen LogP contribution in [0.3, 0.4) is 0 Å². The molecule has 10 heteroatoms. The van der Waals surface area contributed by atoms with Crippen LogP contribution in [-0.2, 0) is 24.5 Å². The molecule has 2 aromatic rings. The number of benzene rings is 2. The summed E-state index contributed by atoms with van der Waals surface area (Å²) in [5, 5.41) is 8.73. The molecule has 2 heterocycles. The Morgan fingerprint density at radius 1 is 1.00 bits per heavy atom. The number of nitrogens with zero attached hydrogens (tertiary/aromatic N) is 1. The second-order valence-electron chi connectivity index (χ2n) is 12.5. The number of nitrogens with one attached hydrogen (secondary N) is 3. The third kappa shape index (κ3) is 9.29. The van der Waals surface area contributed by atoms with Gasteiger partial charge < -0.3 is 30.3 Å². The van der Waals surface area contributed by atoms with E-state index in [1.807, 2.05) is 32.0 Å². The van der Waals surface area contributed by atoms with Gasteiger partial charge >= 0.3 is 0 Å². The van der Waals surface area contributed by atoms with Crippen LogP contribution in [0.1, 0.15) is 75.2 Å². The van der Waals surface area contributed by atoms with Crippen LogP contribution in [0.2, 0.25) is 0 Å². The number of unbranched alkanes of at least 4 members (excludes halogenated alkanes) is 1. The summed E-state index contributed by atoms with van der Waals surface area (Å²) in [4.78, 5) is 56.4. The molecule has 4 rings (SSSR count). The Hall–Kier alpha value is -3.92. The molecule has 1 saturated heterocycles. The molecule has 2 aromatic carbocycles. The molecule has 2 atom stereocenters. The van der Waals surface area contributed by atoms with Crippen molar-refractivity contribution in [3.63, 3.8) is 0 Å². The topological polar surface area (TPSA) is 126 Å². The fraction of sp³-hybridized carbons (Fsp3) is 0.543. The van der Waals surface area contributed by atoms with Crippen LogP contribution < -0.4 is 20.7 Å². The molecule has 0 bridgehead atoms. The molecule has 4 amide bonds. The van der Waals surface area contributed by atoms with E-state index in [9.17, 15) is 19.2 Å². The second-order valence-corrected chi connectivity index (χ2v) is 12.5. The Morgan fingerprint density at radius 3 is 2.42 bits per heavy atom. The summed E-state index contributed by atoms with van der Waals surface area (Å²) >= 11 is 0. The highest BCUT2D eigenvalue weighted by molar-refractivity contribution is 6.01. The van der Waals surface area contributed by atoms with Crippen molar-refractivity contribution < 1.29 is 28.7 Å². The number of para-hydroxylation sites is 1. The highest BCUT2D eigenvalue weighted by atomic mass is 16.5. The monoisotopic (exact) mass is 620 g/mol. The largest absolute Gasteiger partial charge is 0.491 e. The van der Waals surface area contributed by atoms with Gasteiger partial charge in [0.2, 0.25) is 17.7 Å². The van der Waals surface area contributed by atoms with E-state index in [1.165, 1.54) is 0 Å². The van der Waals surface area contributed by atoms with Crippen molar-refractivity contribution in [1.29, 1.82) is 0 Å². The van der Waals surface area contributed by atoms with Crippen molar-refractivity contribution in [3.05, 3.63) is 65.7 Å². The Bertz CT molecular complexity index is 1290. The Labute approximate surface area is 266 Å². The van der Waals surface area contributed by atoms with E-state index in [-0.39, 0.29) is 35.8 Å². The number of hydrogen-bond donors (Lipinski definition) is 3. The van der Waals surface area contributed by atoms with E-state index in [4.69, 9.17) is 9.47 Å². The molecule has 0 aromatic heterocycles. The lowest BCUT2D eigenvalue weighted by Crippen LogP contribution is -2.55. The van der Waals surface area contributed by atoms with Crippen molar-refractivity contribution in [2.75, 3.05) is 39.5 Å². The molecular weight excluding hydrogens is 572 g/mol. The molecule has 244 valence electrons. The van der Waals surface area contributed by atoms with Gasteiger partial charge in [-0.05, 0) is 49.3 Å². The summed E-state index contributed by atoms with van der Waals surface area (Å²) < 4.78 is 11.7. The molecule has 10 nitrogen and oxygen atoms in total. The molecule has 0 radical (unpaired) electrons. The van der Waals surface area contributed by atoms with Gasteiger partial charge in [0.15, 0.2) is 0 Å². The van der Waals surface area contributed by atoms with Crippen LogP contribution in [0.25, 0.3) is 0 Å². The summed E-state index contributed by atoms with van der Waals surface area (Å²) in [6, 6.07) is 14.9. The molecule has 0 aliphatic carbocycles. The first-order valence-electron chi connectivity index (χ1n) is 16.2. The van der Waals surface area contributed by atoms with Crippen molar-refractivity contribution in [3.8, 4) is 5.75 Å². The normalized spacial score (nSPS) is 21.2. The van der Waals surface area contributed by atoms with Gasteiger partial charge in [-0.2, -0.15) is 0 Å². The number of rotatable bonds is 9. The first-order chi connectivity index (χ1) is 21.7. The van der Waals surface area contributed by atoms with Crippen molar-refractivity contribution in [1.82, 2.24) is 20.9 Å². The first-order valence-corrected chi connectivity index (χ1v) is 16.2. The predicted octanol–water partition coefficient (Wildman–Crippen LogP) is 3.59. The number of carbonyl (C=O) groups excluding carboxylic acids is 4. The zero-order chi connectivity index (χ0) is 32.2. The van der Waals surface area contributed by atoms with Crippen molar-refractivity contribution in [2.24, 2.45) is 5.92 Å². The molecule has 45 heavy (non-hydrogen) atoms. The van der Waals surface area contributed by atoms with Crippen LogP contribution in [0, 0.1) is 5.92 Å². The van der Waals surface area contributed by atoms with E-state index >= 15 is 0 Å². The predicted molar refractivity (Wildman–Crippen MR) is 172 cm³/mol. The molecular formula is C35H48N4O6. The standard InChI is InChI=1S/C35H48N4O6/c1-4-5-17-39-18-21-45-30-14-10-9-13-27(30)32(41)38-28(23-31(40)37-29(34(39)43)22-25(2)3)33(42)36-24-35(15-19-44-20-16-35)26-11-7-6-8-12-26/h6-14,25,28-29H,4-5,15-24H2,1-3H3,(H,36,42)(H,37,40)(H,38,41)/t28-,29-/m0/s1. The van der Waals surface area contributed by atoms with Gasteiger partial charge in [0.25, 0.3) is 5.91 Å². The number of amides is 4. The first kappa shape index (κ1) is 34.0. The van der Waals surface area contributed by atoms with Gasteiger partial charge in [-0.3, -0.25) is 19.2 Å². The maximum absolute atomic E-state index is 13.8. The van der Waals surface area contributed by atoms with Crippen molar-refractivity contribution >= 4 is 23.6 Å². The van der Waals surface area contributed by atoms with Crippen LogP contribution in [0.4, 0.5) is 0 Å². The third-order valence-electron chi connectivity index (χ3n) is 8.63. The molecule has 2 aliphatic rings. The quantitative estimate of drug-likeness (QED) is 0.394. The zero-order valence-electron chi connectivity index (χ0n) is 26.8. The molecule has 2 aliphatic heterocycles.